The Bertz CT molecular complexity index is 1230. The van der Waals surface area contributed by atoms with Gasteiger partial charge in [0.15, 0.2) is 5.13 Å². The maximum Gasteiger partial charge on any atom is 0.255 e. The Morgan fingerprint density at radius 2 is 2.00 bits per heavy atom. The van der Waals surface area contributed by atoms with E-state index in [-0.39, 0.29) is 11.3 Å². The molecule has 1 aliphatic rings. The summed E-state index contributed by atoms with van der Waals surface area (Å²) in [5, 5.41) is 6.41. The van der Waals surface area contributed by atoms with Crippen LogP contribution in [0.3, 0.4) is 0 Å². The third-order valence-electron chi connectivity index (χ3n) is 6.44. The Morgan fingerprint density at radius 1 is 1.18 bits per heavy atom. The van der Waals surface area contributed by atoms with Crippen molar-refractivity contribution in [2.45, 2.75) is 18.3 Å². The summed E-state index contributed by atoms with van der Waals surface area (Å²) in [7, 11) is 1.70. The molecule has 1 aliphatic heterocycles. The van der Waals surface area contributed by atoms with Crippen molar-refractivity contribution in [1.82, 2.24) is 19.3 Å². The summed E-state index contributed by atoms with van der Waals surface area (Å²) in [6, 6.07) is 14.3. The van der Waals surface area contributed by atoms with Crippen molar-refractivity contribution < 1.29 is 9.53 Å². The second-order valence-electron chi connectivity index (χ2n) is 8.31. The molecule has 0 unspecified atom stereocenters. The van der Waals surface area contributed by atoms with Gasteiger partial charge in [-0.15, -0.1) is 11.3 Å². The fourth-order valence-electron chi connectivity index (χ4n) is 4.61. The van der Waals surface area contributed by atoms with E-state index in [1.54, 1.807) is 24.6 Å². The summed E-state index contributed by atoms with van der Waals surface area (Å²) in [5.41, 5.74) is 3.65. The zero-order valence-corrected chi connectivity index (χ0v) is 19.4. The van der Waals surface area contributed by atoms with Crippen molar-refractivity contribution in [2.75, 3.05) is 38.7 Å². The van der Waals surface area contributed by atoms with E-state index in [1.807, 2.05) is 39.9 Å². The lowest BCUT2D eigenvalue weighted by molar-refractivity contribution is 0.0683. The number of piperidine rings is 1. The van der Waals surface area contributed by atoms with Crippen LogP contribution in [-0.4, -0.2) is 58.5 Å². The van der Waals surface area contributed by atoms with Gasteiger partial charge in [0.2, 0.25) is 0 Å². The molecule has 33 heavy (non-hydrogen) atoms. The van der Waals surface area contributed by atoms with Crippen LogP contribution < -0.4 is 5.32 Å². The number of carbonyl (C=O) groups is 1. The van der Waals surface area contributed by atoms with Gasteiger partial charge < -0.3 is 19.4 Å². The second kappa shape index (κ2) is 9.33. The molecule has 1 N–H and O–H groups in total. The molecule has 0 radical (unpaired) electrons. The van der Waals surface area contributed by atoms with Gasteiger partial charge in [-0.05, 0) is 30.5 Å². The number of aromatic nitrogens is 3. The number of methoxy groups -OCH3 is 1. The summed E-state index contributed by atoms with van der Waals surface area (Å²) in [6.45, 7) is 2.73. The molecule has 1 fully saturated rings. The predicted octanol–water partition coefficient (Wildman–Crippen LogP) is 4.07. The van der Waals surface area contributed by atoms with Gasteiger partial charge in [-0.2, -0.15) is 0 Å². The minimum absolute atomic E-state index is 0.0625. The van der Waals surface area contributed by atoms with Gasteiger partial charge in [0.25, 0.3) is 5.91 Å². The molecule has 7 nitrogen and oxygen atoms in total. The number of hydrogen-bond acceptors (Lipinski definition) is 6. The monoisotopic (exact) mass is 461 g/mol. The fraction of sp³-hybridized carbons (Fsp3) is 0.320. The summed E-state index contributed by atoms with van der Waals surface area (Å²) >= 11 is 1.63. The fourth-order valence-corrected chi connectivity index (χ4v) is 5.44. The number of pyridine rings is 1. The minimum atomic E-state index is -0.204. The molecule has 1 aromatic carbocycles. The van der Waals surface area contributed by atoms with Crippen LogP contribution in [-0.2, 0) is 10.2 Å². The van der Waals surface area contributed by atoms with E-state index in [0.717, 1.165) is 35.9 Å². The van der Waals surface area contributed by atoms with Gasteiger partial charge in [0.1, 0.15) is 5.65 Å². The first kappa shape index (κ1) is 21.6. The number of nitrogens with one attached hydrogen (secondary N) is 1. The van der Waals surface area contributed by atoms with Gasteiger partial charge in [-0.1, -0.05) is 30.3 Å². The van der Waals surface area contributed by atoms with Crippen molar-refractivity contribution in [3.05, 3.63) is 83.3 Å². The van der Waals surface area contributed by atoms with Gasteiger partial charge >= 0.3 is 0 Å². The van der Waals surface area contributed by atoms with E-state index >= 15 is 0 Å². The van der Waals surface area contributed by atoms with Crippen molar-refractivity contribution >= 4 is 28.0 Å². The number of nitrogens with zero attached hydrogens (tertiary/aromatic N) is 4. The molecule has 4 heterocycles. The molecule has 0 spiro atoms. The van der Waals surface area contributed by atoms with Crippen LogP contribution in [0, 0.1) is 0 Å². The first-order chi connectivity index (χ1) is 16.2. The van der Waals surface area contributed by atoms with Crippen molar-refractivity contribution in [2.24, 2.45) is 0 Å². The molecule has 3 aromatic heterocycles. The van der Waals surface area contributed by atoms with Crippen LogP contribution in [0.1, 0.15) is 34.5 Å². The average molecular weight is 462 g/mol. The van der Waals surface area contributed by atoms with E-state index in [2.05, 4.69) is 39.9 Å². The first-order valence-corrected chi connectivity index (χ1v) is 12.0. The standard InChI is InChI=1S/C25H27N5O2S/c1-32-16-12-27-24-28-21(18-33-24)25(20-5-3-2-4-6-20)9-13-29(14-10-25)23(31)19-7-8-22-26-11-15-30(22)17-19/h2-8,11,15,17-18H,9-10,12-14,16H2,1H3,(H,27,28). The number of carbonyl (C=O) groups excluding carboxylic acids is 1. The van der Waals surface area contributed by atoms with Gasteiger partial charge in [0, 0.05) is 56.1 Å². The normalized spacial score (nSPS) is 15.6. The van der Waals surface area contributed by atoms with Crippen molar-refractivity contribution in [3.63, 3.8) is 0 Å². The van der Waals surface area contributed by atoms with E-state index in [9.17, 15) is 4.79 Å². The summed E-state index contributed by atoms with van der Waals surface area (Å²) < 4.78 is 7.03. The maximum atomic E-state index is 13.3. The summed E-state index contributed by atoms with van der Waals surface area (Å²) in [4.78, 5) is 24.4. The van der Waals surface area contributed by atoms with Crippen LogP contribution >= 0.6 is 11.3 Å². The highest BCUT2D eigenvalue weighted by Gasteiger charge is 2.41. The molecule has 5 rings (SSSR count). The highest BCUT2D eigenvalue weighted by atomic mass is 32.1. The molecule has 0 bridgehead atoms. The third kappa shape index (κ3) is 4.24. The summed E-state index contributed by atoms with van der Waals surface area (Å²) in [6.07, 6.45) is 7.13. The highest BCUT2D eigenvalue weighted by Crippen LogP contribution is 2.42. The van der Waals surface area contributed by atoms with Crippen molar-refractivity contribution in [3.8, 4) is 0 Å². The predicted molar refractivity (Wildman–Crippen MR) is 130 cm³/mol. The zero-order valence-electron chi connectivity index (χ0n) is 18.6. The molecule has 170 valence electrons. The van der Waals surface area contributed by atoms with Gasteiger partial charge in [-0.3, -0.25) is 4.79 Å². The van der Waals surface area contributed by atoms with E-state index < -0.39 is 0 Å². The Balaban J connectivity index is 1.37. The SMILES string of the molecule is COCCNc1nc(C2(c3ccccc3)CCN(C(=O)c3ccc4nccn4c3)CC2)cs1. The maximum absolute atomic E-state index is 13.3. The number of hydrogen-bond donors (Lipinski definition) is 1. The van der Waals surface area contributed by atoms with Crippen LogP contribution in [0.15, 0.2) is 66.4 Å². The lowest BCUT2D eigenvalue weighted by Gasteiger charge is -2.41. The van der Waals surface area contributed by atoms with Crippen LogP contribution in [0.2, 0.25) is 0 Å². The largest absolute Gasteiger partial charge is 0.383 e. The number of fused-ring (bicyclic) bond motifs is 1. The van der Waals surface area contributed by atoms with Crippen molar-refractivity contribution in [1.29, 1.82) is 0 Å². The number of anilines is 1. The Labute approximate surface area is 197 Å². The molecule has 8 heteroatoms. The van der Waals surface area contributed by atoms with E-state index in [4.69, 9.17) is 9.72 Å². The van der Waals surface area contributed by atoms with Gasteiger partial charge in [-0.25, -0.2) is 9.97 Å². The molecule has 0 saturated carbocycles. The number of likely N-dealkylation sites (tertiary alicyclic amines) is 1. The Kier molecular flexibility index (Phi) is 6.11. The smallest absolute Gasteiger partial charge is 0.255 e. The average Bonchev–Trinajstić information content (AvgIpc) is 3.54. The third-order valence-corrected chi connectivity index (χ3v) is 7.24. The molecule has 1 saturated heterocycles. The molecule has 0 atom stereocenters. The van der Waals surface area contributed by atoms with Gasteiger partial charge in [0.05, 0.1) is 17.9 Å². The number of thiazole rings is 1. The quantitative estimate of drug-likeness (QED) is 0.420. The van der Waals surface area contributed by atoms with Crippen LogP contribution in [0.25, 0.3) is 5.65 Å². The summed E-state index contributed by atoms with van der Waals surface area (Å²) in [5.74, 6) is 0.0625. The lowest BCUT2D eigenvalue weighted by atomic mass is 9.70. The number of imidazole rings is 1. The zero-order chi connectivity index (χ0) is 22.7. The Hall–Kier alpha value is -3.23. The van der Waals surface area contributed by atoms with E-state index in [1.165, 1.54) is 5.56 Å². The topological polar surface area (TPSA) is 71.8 Å². The number of rotatable bonds is 7. The van der Waals surface area contributed by atoms with E-state index in [0.29, 0.717) is 25.3 Å². The first-order valence-electron chi connectivity index (χ1n) is 11.2. The molecule has 1 amide bonds. The van der Waals surface area contributed by atoms with Crippen LogP contribution in [0.5, 0.6) is 0 Å². The second-order valence-corrected chi connectivity index (χ2v) is 9.17. The lowest BCUT2D eigenvalue weighted by Crippen LogP contribution is -2.46. The highest BCUT2D eigenvalue weighted by molar-refractivity contribution is 7.13. The minimum Gasteiger partial charge on any atom is -0.383 e. The number of benzene rings is 1. The molecular formula is C25H27N5O2S. The molecule has 4 aromatic rings. The van der Waals surface area contributed by atoms with Crippen LogP contribution in [0.4, 0.5) is 5.13 Å². The molecule has 0 aliphatic carbocycles. The molecular weight excluding hydrogens is 434 g/mol. The number of amides is 1. The number of ether oxygens (including phenoxy) is 1. The Morgan fingerprint density at radius 3 is 2.79 bits per heavy atom.